The van der Waals surface area contributed by atoms with Crippen LogP contribution in [0.25, 0.3) is 11.0 Å². The van der Waals surface area contributed by atoms with Crippen LogP contribution in [0.2, 0.25) is 0 Å². The highest BCUT2D eigenvalue weighted by Gasteiger charge is 2.12. The van der Waals surface area contributed by atoms with Crippen molar-refractivity contribution in [2.45, 2.75) is 5.16 Å². The number of fused-ring (bicyclic) bond motifs is 1. The fourth-order valence-corrected chi connectivity index (χ4v) is 2.04. The van der Waals surface area contributed by atoms with Crippen LogP contribution in [0.1, 0.15) is 5.69 Å². The predicted molar refractivity (Wildman–Crippen MR) is 60.9 cm³/mol. The molecule has 0 saturated heterocycles. The van der Waals surface area contributed by atoms with Gasteiger partial charge in [0.15, 0.2) is 16.5 Å². The van der Waals surface area contributed by atoms with Crippen molar-refractivity contribution in [2.75, 3.05) is 6.26 Å². The molecule has 5 nitrogen and oxygen atoms in total. The summed E-state index contributed by atoms with van der Waals surface area (Å²) in [6.07, 6.45) is 1.86. The summed E-state index contributed by atoms with van der Waals surface area (Å²) in [7, 11) is 0. The Bertz CT molecular complexity index is 529. The second-order valence-corrected chi connectivity index (χ2v) is 4.20. The van der Waals surface area contributed by atoms with Gasteiger partial charge < -0.3 is 0 Å². The van der Waals surface area contributed by atoms with Gasteiger partial charge in [0, 0.05) is 0 Å². The molecule has 0 aliphatic heterocycles. The lowest BCUT2D eigenvalue weighted by Crippen LogP contribution is -1.92. The van der Waals surface area contributed by atoms with Crippen molar-refractivity contribution in [3.05, 3.63) is 9.39 Å². The molecule has 2 heterocycles. The molecular weight excluding hydrogens is 313 g/mol. The standard InChI is InChI=1S/C7H4IN5S/c1-14-7-10-3(2-9)4-5(8)12-13-6(4)11-7/h1H3,(H,10,11,12,13). The molecule has 0 fully saturated rings. The molecule has 0 spiro atoms. The average Bonchev–Trinajstić information content (AvgIpc) is 2.59. The molecule has 0 aliphatic rings. The number of nitriles is 1. The molecule has 0 amide bonds. The second kappa shape index (κ2) is 3.70. The SMILES string of the molecule is CSc1nc(C#N)c2c(I)n[nH]c2n1. The van der Waals surface area contributed by atoms with Crippen molar-refractivity contribution in [1.82, 2.24) is 20.2 Å². The molecule has 0 radical (unpaired) electrons. The van der Waals surface area contributed by atoms with E-state index >= 15 is 0 Å². The summed E-state index contributed by atoms with van der Waals surface area (Å²) in [6, 6.07) is 2.04. The lowest BCUT2D eigenvalue weighted by molar-refractivity contribution is 0.973. The Balaban J connectivity index is 2.84. The van der Waals surface area contributed by atoms with Crippen LogP contribution in [0, 0.1) is 15.0 Å². The van der Waals surface area contributed by atoms with Gasteiger partial charge >= 0.3 is 0 Å². The van der Waals surface area contributed by atoms with E-state index in [1.54, 1.807) is 0 Å². The van der Waals surface area contributed by atoms with E-state index in [-0.39, 0.29) is 0 Å². The molecule has 70 valence electrons. The minimum absolute atomic E-state index is 0.373. The Kier molecular flexibility index (Phi) is 2.56. The third-order valence-corrected chi connectivity index (χ3v) is 2.97. The molecule has 0 unspecified atom stereocenters. The first-order valence-electron chi connectivity index (χ1n) is 3.62. The average molecular weight is 317 g/mol. The van der Waals surface area contributed by atoms with Crippen molar-refractivity contribution in [1.29, 1.82) is 5.26 Å². The minimum atomic E-state index is 0.373. The Morgan fingerprint density at radius 3 is 2.93 bits per heavy atom. The number of nitrogens with one attached hydrogen (secondary N) is 1. The highest BCUT2D eigenvalue weighted by Crippen LogP contribution is 2.21. The van der Waals surface area contributed by atoms with Gasteiger partial charge in [-0.2, -0.15) is 10.4 Å². The van der Waals surface area contributed by atoms with Crippen LogP contribution in [0.5, 0.6) is 0 Å². The van der Waals surface area contributed by atoms with E-state index in [2.05, 4.69) is 20.2 Å². The maximum atomic E-state index is 8.90. The van der Waals surface area contributed by atoms with E-state index < -0.39 is 0 Å². The third kappa shape index (κ3) is 1.44. The van der Waals surface area contributed by atoms with Crippen LogP contribution in [-0.4, -0.2) is 26.4 Å². The minimum Gasteiger partial charge on any atom is -0.260 e. The molecule has 0 atom stereocenters. The summed E-state index contributed by atoms with van der Waals surface area (Å²) in [4.78, 5) is 8.30. The van der Waals surface area contributed by atoms with E-state index in [0.717, 1.165) is 3.70 Å². The highest BCUT2D eigenvalue weighted by molar-refractivity contribution is 14.1. The monoisotopic (exact) mass is 317 g/mol. The molecule has 2 aromatic heterocycles. The van der Waals surface area contributed by atoms with Gasteiger partial charge in [0.05, 0.1) is 5.39 Å². The highest BCUT2D eigenvalue weighted by atomic mass is 127. The number of hydrogen-bond donors (Lipinski definition) is 1. The Morgan fingerprint density at radius 1 is 1.50 bits per heavy atom. The number of H-pyrrole nitrogens is 1. The second-order valence-electron chi connectivity index (χ2n) is 2.41. The zero-order chi connectivity index (χ0) is 10.1. The number of hydrogen-bond acceptors (Lipinski definition) is 5. The van der Waals surface area contributed by atoms with Crippen LogP contribution in [0.3, 0.4) is 0 Å². The van der Waals surface area contributed by atoms with E-state index in [1.807, 2.05) is 34.9 Å². The lowest BCUT2D eigenvalue weighted by Gasteiger charge is -1.96. The van der Waals surface area contributed by atoms with Crippen LogP contribution >= 0.6 is 34.4 Å². The summed E-state index contributed by atoms with van der Waals surface area (Å²) >= 11 is 3.44. The van der Waals surface area contributed by atoms with Gasteiger partial charge in [0.1, 0.15) is 9.77 Å². The maximum absolute atomic E-state index is 8.90. The summed E-state index contributed by atoms with van der Waals surface area (Å²) in [5.41, 5.74) is 0.989. The topological polar surface area (TPSA) is 78.2 Å². The first kappa shape index (κ1) is 9.67. The molecule has 14 heavy (non-hydrogen) atoms. The molecule has 0 aromatic carbocycles. The first-order valence-corrected chi connectivity index (χ1v) is 5.92. The van der Waals surface area contributed by atoms with Gasteiger partial charge in [0.2, 0.25) is 0 Å². The molecule has 7 heteroatoms. The van der Waals surface area contributed by atoms with E-state index in [4.69, 9.17) is 5.26 Å². The van der Waals surface area contributed by atoms with Crippen molar-refractivity contribution in [3.63, 3.8) is 0 Å². The molecule has 0 saturated carbocycles. The zero-order valence-corrected chi connectivity index (χ0v) is 10.0. The Hall–Kier alpha value is -0.880. The number of nitrogens with zero attached hydrogens (tertiary/aromatic N) is 4. The van der Waals surface area contributed by atoms with Gasteiger partial charge in [-0.25, -0.2) is 9.97 Å². The fourth-order valence-electron chi connectivity index (χ4n) is 1.05. The number of aromatic amines is 1. The maximum Gasteiger partial charge on any atom is 0.190 e. The number of rotatable bonds is 1. The lowest BCUT2D eigenvalue weighted by atomic mass is 10.3. The fraction of sp³-hybridized carbons (Fsp3) is 0.143. The third-order valence-electron chi connectivity index (χ3n) is 1.64. The first-order chi connectivity index (χ1) is 6.76. The number of halogens is 1. The van der Waals surface area contributed by atoms with Gasteiger partial charge in [0.25, 0.3) is 0 Å². The largest absolute Gasteiger partial charge is 0.260 e. The van der Waals surface area contributed by atoms with Crippen LogP contribution in [0.4, 0.5) is 0 Å². The number of aromatic nitrogens is 4. The molecule has 2 rings (SSSR count). The molecule has 0 bridgehead atoms. The van der Waals surface area contributed by atoms with E-state index in [9.17, 15) is 0 Å². The normalized spacial score (nSPS) is 10.4. The molecule has 1 N–H and O–H groups in total. The van der Waals surface area contributed by atoms with E-state index in [0.29, 0.717) is 21.9 Å². The van der Waals surface area contributed by atoms with Crippen molar-refractivity contribution < 1.29 is 0 Å². The van der Waals surface area contributed by atoms with Gasteiger partial charge in [-0.05, 0) is 28.8 Å². The van der Waals surface area contributed by atoms with Gasteiger partial charge in [-0.1, -0.05) is 11.8 Å². The van der Waals surface area contributed by atoms with Crippen molar-refractivity contribution in [2.24, 2.45) is 0 Å². The summed E-state index contributed by atoms with van der Waals surface area (Å²) in [5, 5.41) is 16.9. The Morgan fingerprint density at radius 2 is 2.29 bits per heavy atom. The van der Waals surface area contributed by atoms with Crippen LogP contribution < -0.4 is 0 Å². The number of thioether (sulfide) groups is 1. The van der Waals surface area contributed by atoms with Crippen molar-refractivity contribution >= 4 is 45.4 Å². The van der Waals surface area contributed by atoms with Gasteiger partial charge in [-0.15, -0.1) is 0 Å². The molecular formula is C7H4IN5S. The molecule has 0 aliphatic carbocycles. The smallest absolute Gasteiger partial charge is 0.190 e. The zero-order valence-electron chi connectivity index (χ0n) is 7.08. The van der Waals surface area contributed by atoms with E-state index in [1.165, 1.54) is 11.8 Å². The Labute approximate surface area is 97.5 Å². The van der Waals surface area contributed by atoms with Crippen LogP contribution in [-0.2, 0) is 0 Å². The summed E-state index contributed by atoms with van der Waals surface area (Å²) in [6.45, 7) is 0. The molecule has 2 aromatic rings. The predicted octanol–water partition coefficient (Wildman–Crippen LogP) is 1.55. The summed E-state index contributed by atoms with van der Waals surface area (Å²) in [5.74, 6) is 0. The quantitative estimate of drug-likeness (QED) is 0.490. The van der Waals surface area contributed by atoms with Crippen molar-refractivity contribution in [3.8, 4) is 6.07 Å². The van der Waals surface area contributed by atoms with Gasteiger partial charge in [-0.3, -0.25) is 5.10 Å². The summed E-state index contributed by atoms with van der Waals surface area (Å²) < 4.78 is 0.724. The van der Waals surface area contributed by atoms with Crippen LogP contribution in [0.15, 0.2) is 5.16 Å².